The molecule has 0 amide bonds. The third-order valence-corrected chi connectivity index (χ3v) is 4.44. The Bertz CT molecular complexity index is 782. The van der Waals surface area contributed by atoms with E-state index >= 15 is 0 Å². The molecule has 0 unspecified atom stereocenters. The van der Waals surface area contributed by atoms with Crippen LogP contribution in [-0.4, -0.2) is 32.6 Å². The van der Waals surface area contributed by atoms with E-state index in [1.807, 2.05) is 6.92 Å². The molecular weight excluding hydrogens is 324 g/mol. The fourth-order valence-electron chi connectivity index (χ4n) is 3.39. The summed E-state index contributed by atoms with van der Waals surface area (Å²) >= 11 is 0. The van der Waals surface area contributed by atoms with Crippen LogP contribution in [0.1, 0.15) is 33.4 Å². The van der Waals surface area contributed by atoms with Gasteiger partial charge in [0.05, 0.1) is 33.5 Å². The number of aromatic hydroxyl groups is 1. The molecule has 0 aliphatic heterocycles. The molecule has 0 bridgehead atoms. The number of methoxy groups -OCH3 is 1. The van der Waals surface area contributed by atoms with Gasteiger partial charge in [-0.1, -0.05) is 0 Å². The molecule has 6 heteroatoms. The number of phenols is 1. The normalized spacial score (nSPS) is 11.0. The summed E-state index contributed by atoms with van der Waals surface area (Å²) in [6.07, 6.45) is 0. The molecule has 0 saturated carbocycles. The van der Waals surface area contributed by atoms with E-state index in [-0.39, 0.29) is 31.1 Å². The summed E-state index contributed by atoms with van der Waals surface area (Å²) in [4.78, 5) is 0. The van der Waals surface area contributed by atoms with E-state index in [0.29, 0.717) is 33.6 Å². The van der Waals surface area contributed by atoms with Gasteiger partial charge in [-0.25, -0.2) is 0 Å². The van der Waals surface area contributed by atoms with E-state index < -0.39 is 6.61 Å². The Labute approximate surface area is 146 Å². The minimum absolute atomic E-state index is 0.168. The van der Waals surface area contributed by atoms with Crippen LogP contribution in [0, 0.1) is 13.8 Å². The number of hydrogen-bond acceptors (Lipinski definition) is 6. The molecule has 0 spiro atoms. The number of aliphatic hydroxyl groups excluding tert-OH is 4. The van der Waals surface area contributed by atoms with Gasteiger partial charge in [-0.2, -0.15) is 0 Å². The van der Waals surface area contributed by atoms with Crippen LogP contribution < -0.4 is 4.74 Å². The van der Waals surface area contributed by atoms with Crippen LogP contribution in [0.15, 0.2) is 12.1 Å². The molecule has 5 N–H and O–H groups in total. The van der Waals surface area contributed by atoms with Crippen molar-refractivity contribution in [2.45, 2.75) is 40.3 Å². The lowest BCUT2D eigenvalue weighted by molar-refractivity contribution is 0.260. The van der Waals surface area contributed by atoms with E-state index in [2.05, 4.69) is 0 Å². The van der Waals surface area contributed by atoms with Crippen molar-refractivity contribution in [3.05, 3.63) is 45.5 Å². The lowest BCUT2D eigenvalue weighted by Gasteiger charge is -2.23. The number of aryl methyl sites for hydroxylation is 2. The van der Waals surface area contributed by atoms with Crippen molar-refractivity contribution in [1.29, 1.82) is 0 Å². The molecule has 2 aromatic rings. The van der Waals surface area contributed by atoms with Crippen molar-refractivity contribution in [1.82, 2.24) is 0 Å². The summed E-state index contributed by atoms with van der Waals surface area (Å²) < 4.78 is 5.38. The van der Waals surface area contributed by atoms with Crippen LogP contribution in [0.5, 0.6) is 11.5 Å². The quantitative estimate of drug-likeness (QED) is 0.543. The van der Waals surface area contributed by atoms with Gasteiger partial charge < -0.3 is 30.3 Å². The zero-order valence-corrected chi connectivity index (χ0v) is 14.6. The van der Waals surface area contributed by atoms with Crippen LogP contribution in [0.4, 0.5) is 0 Å². The molecule has 0 aliphatic rings. The molecule has 0 heterocycles. The molecule has 0 saturated heterocycles. The molecule has 2 rings (SSSR count). The first-order valence-corrected chi connectivity index (χ1v) is 7.92. The molecule has 136 valence electrons. The summed E-state index contributed by atoms with van der Waals surface area (Å²) in [6, 6.07) is 3.40. The lowest BCUT2D eigenvalue weighted by atomic mass is 9.85. The topological polar surface area (TPSA) is 110 Å². The van der Waals surface area contributed by atoms with Gasteiger partial charge in [0.25, 0.3) is 0 Å². The second-order valence-corrected chi connectivity index (χ2v) is 5.93. The van der Waals surface area contributed by atoms with Crippen LogP contribution in [-0.2, 0) is 26.4 Å². The summed E-state index contributed by atoms with van der Waals surface area (Å²) in [7, 11) is 1.46. The maximum Gasteiger partial charge on any atom is 0.130 e. The summed E-state index contributed by atoms with van der Waals surface area (Å²) in [6.45, 7) is 2.28. The third-order valence-electron chi connectivity index (χ3n) is 4.44. The Morgan fingerprint density at radius 2 is 1.24 bits per heavy atom. The second-order valence-electron chi connectivity index (χ2n) is 5.93. The molecule has 0 fully saturated rings. The third kappa shape index (κ3) is 3.21. The van der Waals surface area contributed by atoms with Crippen LogP contribution in [0.2, 0.25) is 0 Å². The highest BCUT2D eigenvalue weighted by molar-refractivity contribution is 5.81. The molecular formula is C19H24O6. The highest BCUT2D eigenvalue weighted by atomic mass is 16.5. The van der Waals surface area contributed by atoms with E-state index in [1.54, 1.807) is 19.1 Å². The highest BCUT2D eigenvalue weighted by Gasteiger charge is 2.23. The van der Waals surface area contributed by atoms with Gasteiger partial charge in [0.15, 0.2) is 0 Å². The van der Waals surface area contributed by atoms with Crippen LogP contribution in [0.3, 0.4) is 0 Å². The zero-order chi connectivity index (χ0) is 18.7. The van der Waals surface area contributed by atoms with Gasteiger partial charge in [0, 0.05) is 22.3 Å². The number of aliphatic hydroxyl groups is 4. The first kappa shape index (κ1) is 19.2. The molecule has 6 nitrogen and oxygen atoms in total. The fraction of sp³-hybridized carbons (Fsp3) is 0.368. The zero-order valence-electron chi connectivity index (χ0n) is 14.6. The average Bonchev–Trinajstić information content (AvgIpc) is 2.62. The van der Waals surface area contributed by atoms with Crippen LogP contribution in [0.25, 0.3) is 11.1 Å². The van der Waals surface area contributed by atoms with Crippen molar-refractivity contribution in [3.8, 4) is 22.6 Å². The van der Waals surface area contributed by atoms with Gasteiger partial charge in [-0.3, -0.25) is 0 Å². The van der Waals surface area contributed by atoms with Gasteiger partial charge in [0.1, 0.15) is 11.5 Å². The number of benzene rings is 2. The Morgan fingerprint density at radius 3 is 1.68 bits per heavy atom. The lowest BCUT2D eigenvalue weighted by Crippen LogP contribution is -2.06. The Hall–Kier alpha value is -2.12. The molecule has 0 aromatic heterocycles. The first-order valence-electron chi connectivity index (χ1n) is 7.92. The molecule has 0 aliphatic carbocycles. The van der Waals surface area contributed by atoms with Crippen molar-refractivity contribution >= 4 is 0 Å². The van der Waals surface area contributed by atoms with Gasteiger partial charge in [-0.15, -0.1) is 0 Å². The maximum atomic E-state index is 10.4. The molecule has 2 aromatic carbocycles. The summed E-state index contributed by atoms with van der Waals surface area (Å²) in [5.74, 6) is 0.207. The molecule has 0 radical (unpaired) electrons. The van der Waals surface area contributed by atoms with Gasteiger partial charge in [0.2, 0.25) is 0 Å². The van der Waals surface area contributed by atoms with Crippen molar-refractivity contribution < 1.29 is 30.3 Å². The Morgan fingerprint density at radius 1 is 0.760 bits per heavy atom. The minimum Gasteiger partial charge on any atom is -0.507 e. The Balaban J connectivity index is 2.94. The number of hydrogen-bond donors (Lipinski definition) is 5. The van der Waals surface area contributed by atoms with E-state index in [1.165, 1.54) is 7.11 Å². The Kier molecular flexibility index (Phi) is 6.02. The smallest absolute Gasteiger partial charge is 0.130 e. The summed E-state index contributed by atoms with van der Waals surface area (Å²) in [5.41, 5.74) is 4.35. The van der Waals surface area contributed by atoms with E-state index in [0.717, 1.165) is 11.1 Å². The van der Waals surface area contributed by atoms with Crippen LogP contribution >= 0.6 is 0 Å². The van der Waals surface area contributed by atoms with Crippen molar-refractivity contribution in [2.24, 2.45) is 0 Å². The van der Waals surface area contributed by atoms with Crippen molar-refractivity contribution in [3.63, 3.8) is 0 Å². The second kappa shape index (κ2) is 7.84. The molecule has 25 heavy (non-hydrogen) atoms. The predicted octanol–water partition coefficient (Wildman–Crippen LogP) is 1.65. The fourth-order valence-corrected chi connectivity index (χ4v) is 3.39. The maximum absolute atomic E-state index is 10.4. The SMILES string of the molecule is COc1c(CO)cc(C)c(-c2c(C)cc(CO)c(O)c2CO)c1CO. The van der Waals surface area contributed by atoms with Gasteiger partial charge in [-0.05, 0) is 48.2 Å². The average molecular weight is 348 g/mol. The standard InChI is InChI=1S/C19H24O6/c1-10-4-12(6-20)18(24)14(8-22)16(10)17-11(2)5-13(7-21)19(25-3)15(17)9-23/h4-5,20-24H,6-9H2,1-3H3. The minimum atomic E-state index is -0.426. The van der Waals surface area contributed by atoms with E-state index in [9.17, 15) is 25.5 Å². The van der Waals surface area contributed by atoms with Crippen molar-refractivity contribution in [2.75, 3.05) is 7.11 Å². The summed E-state index contributed by atoms with van der Waals surface area (Å²) in [5, 5.41) is 49.1. The molecule has 0 atom stereocenters. The van der Waals surface area contributed by atoms with E-state index in [4.69, 9.17) is 4.74 Å². The number of ether oxygens (including phenoxy) is 1. The predicted molar refractivity (Wildman–Crippen MR) is 93.3 cm³/mol. The first-order chi connectivity index (χ1) is 11.9. The monoisotopic (exact) mass is 348 g/mol. The highest BCUT2D eigenvalue weighted by Crippen LogP contribution is 2.43. The van der Waals surface area contributed by atoms with Gasteiger partial charge >= 0.3 is 0 Å². The number of rotatable bonds is 6. The largest absolute Gasteiger partial charge is 0.507 e.